The average molecular weight is 346 g/mol. The molecule has 0 aliphatic carbocycles. The molecule has 0 aliphatic rings. The second-order valence-electron chi connectivity index (χ2n) is 5.16. The number of aromatic nitrogens is 4. The van der Waals surface area contributed by atoms with Gasteiger partial charge < -0.3 is 9.73 Å². The monoisotopic (exact) mass is 345 g/mol. The molecule has 0 aliphatic heterocycles. The van der Waals surface area contributed by atoms with Crippen LogP contribution in [0, 0.1) is 0 Å². The van der Waals surface area contributed by atoms with Crippen molar-refractivity contribution in [3.63, 3.8) is 0 Å². The predicted octanol–water partition coefficient (Wildman–Crippen LogP) is 2.85. The molecular weight excluding hydrogens is 330 g/mol. The van der Waals surface area contributed by atoms with E-state index < -0.39 is 6.04 Å². The lowest BCUT2D eigenvalue weighted by Gasteiger charge is -2.12. The van der Waals surface area contributed by atoms with Crippen LogP contribution in [0.4, 0.5) is 0 Å². The van der Waals surface area contributed by atoms with E-state index in [4.69, 9.17) is 16.0 Å². The van der Waals surface area contributed by atoms with E-state index in [1.165, 1.54) is 4.80 Å². The van der Waals surface area contributed by atoms with E-state index in [-0.39, 0.29) is 5.91 Å². The number of halogens is 1. The molecule has 2 aromatic heterocycles. The number of amides is 1. The lowest BCUT2D eigenvalue weighted by molar-refractivity contribution is -0.125. The molecule has 0 saturated heterocycles. The van der Waals surface area contributed by atoms with E-state index in [2.05, 4.69) is 20.7 Å². The van der Waals surface area contributed by atoms with Crippen molar-refractivity contribution in [2.45, 2.75) is 25.9 Å². The van der Waals surface area contributed by atoms with Crippen molar-refractivity contribution in [3.8, 4) is 11.4 Å². The summed E-state index contributed by atoms with van der Waals surface area (Å²) >= 11 is 5.87. The summed E-state index contributed by atoms with van der Waals surface area (Å²) in [6.07, 6.45) is 2.11. The molecule has 3 aromatic rings. The van der Waals surface area contributed by atoms with Crippen LogP contribution in [0.3, 0.4) is 0 Å². The van der Waals surface area contributed by atoms with Crippen LogP contribution >= 0.6 is 11.6 Å². The summed E-state index contributed by atoms with van der Waals surface area (Å²) in [7, 11) is 0. The van der Waals surface area contributed by atoms with Crippen molar-refractivity contribution < 1.29 is 9.21 Å². The van der Waals surface area contributed by atoms with Gasteiger partial charge in [-0.1, -0.05) is 18.5 Å². The maximum atomic E-state index is 12.4. The number of carbonyl (C=O) groups excluding carboxylic acids is 1. The van der Waals surface area contributed by atoms with Gasteiger partial charge in [0.25, 0.3) is 0 Å². The summed E-state index contributed by atoms with van der Waals surface area (Å²) in [4.78, 5) is 13.7. The number of carbonyl (C=O) groups is 1. The molecule has 1 N–H and O–H groups in total. The van der Waals surface area contributed by atoms with Gasteiger partial charge in [0.05, 0.1) is 12.8 Å². The minimum absolute atomic E-state index is 0.186. The molecule has 1 amide bonds. The summed E-state index contributed by atoms with van der Waals surface area (Å²) in [5.41, 5.74) is 0.788. The largest absolute Gasteiger partial charge is 0.467 e. The molecule has 0 radical (unpaired) electrons. The normalized spacial score (nSPS) is 12.1. The Morgan fingerprint density at radius 2 is 2.12 bits per heavy atom. The van der Waals surface area contributed by atoms with Gasteiger partial charge in [0.2, 0.25) is 11.7 Å². The highest BCUT2D eigenvalue weighted by atomic mass is 35.5. The summed E-state index contributed by atoms with van der Waals surface area (Å²) in [6, 6.07) is 10.2. The lowest BCUT2D eigenvalue weighted by Crippen LogP contribution is -2.33. The Labute approximate surface area is 143 Å². The van der Waals surface area contributed by atoms with E-state index in [0.29, 0.717) is 29.6 Å². The van der Waals surface area contributed by atoms with Crippen LogP contribution in [0.1, 0.15) is 25.1 Å². The third-order valence-corrected chi connectivity index (χ3v) is 3.77. The number of benzene rings is 1. The molecule has 7 nitrogen and oxygen atoms in total. The van der Waals surface area contributed by atoms with Crippen molar-refractivity contribution in [2.24, 2.45) is 0 Å². The Bertz CT molecular complexity index is 798. The summed E-state index contributed by atoms with van der Waals surface area (Å²) in [5, 5.41) is 15.8. The number of nitrogens with one attached hydrogen (secondary N) is 1. The van der Waals surface area contributed by atoms with Gasteiger partial charge in [-0.2, -0.15) is 4.80 Å². The number of rotatable bonds is 6. The second kappa shape index (κ2) is 7.27. The molecule has 1 aromatic carbocycles. The van der Waals surface area contributed by atoms with Gasteiger partial charge in [0, 0.05) is 10.6 Å². The lowest BCUT2D eigenvalue weighted by atomic mass is 10.2. The predicted molar refractivity (Wildman–Crippen MR) is 88.1 cm³/mol. The molecule has 0 saturated carbocycles. The van der Waals surface area contributed by atoms with Crippen molar-refractivity contribution in [1.29, 1.82) is 0 Å². The van der Waals surface area contributed by atoms with Gasteiger partial charge in [-0.25, -0.2) is 0 Å². The van der Waals surface area contributed by atoms with E-state index in [1.807, 2.05) is 19.1 Å². The molecule has 1 atom stereocenters. The van der Waals surface area contributed by atoms with Crippen molar-refractivity contribution >= 4 is 17.5 Å². The Hall–Kier alpha value is -2.67. The molecule has 0 unspecified atom stereocenters. The number of tetrazole rings is 1. The number of hydrogen-bond acceptors (Lipinski definition) is 5. The number of furan rings is 1. The fourth-order valence-electron chi connectivity index (χ4n) is 2.23. The van der Waals surface area contributed by atoms with E-state index >= 15 is 0 Å². The average Bonchev–Trinajstić information content (AvgIpc) is 3.26. The topological polar surface area (TPSA) is 85.8 Å². The standard InChI is InChI=1S/C16H16ClN5O2/c1-2-14(16(23)18-10-13-4-3-9-24-13)22-20-15(19-21-22)11-5-7-12(17)8-6-11/h3-9,14H,2,10H2,1H3,(H,18,23)/t14-/m0/s1. The maximum absolute atomic E-state index is 12.4. The summed E-state index contributed by atoms with van der Waals surface area (Å²) in [6.45, 7) is 2.21. The quantitative estimate of drug-likeness (QED) is 0.742. The smallest absolute Gasteiger partial charge is 0.247 e. The first-order valence-corrected chi connectivity index (χ1v) is 7.90. The van der Waals surface area contributed by atoms with E-state index in [1.54, 1.807) is 30.5 Å². The van der Waals surface area contributed by atoms with Gasteiger partial charge >= 0.3 is 0 Å². The zero-order valence-corrected chi connectivity index (χ0v) is 13.8. The summed E-state index contributed by atoms with van der Waals surface area (Å²) < 4.78 is 5.20. The van der Waals surface area contributed by atoms with E-state index in [9.17, 15) is 4.79 Å². The minimum atomic E-state index is -0.534. The Kier molecular flexibility index (Phi) is 4.90. The highest BCUT2D eigenvalue weighted by Crippen LogP contribution is 2.18. The highest BCUT2D eigenvalue weighted by molar-refractivity contribution is 6.30. The molecule has 3 rings (SSSR count). The van der Waals surface area contributed by atoms with Gasteiger partial charge in [-0.05, 0) is 48.0 Å². The maximum Gasteiger partial charge on any atom is 0.247 e. The first kappa shape index (κ1) is 16.2. The van der Waals surface area contributed by atoms with Gasteiger partial charge in [-0.15, -0.1) is 10.2 Å². The van der Waals surface area contributed by atoms with Crippen molar-refractivity contribution in [2.75, 3.05) is 0 Å². The molecule has 24 heavy (non-hydrogen) atoms. The second-order valence-corrected chi connectivity index (χ2v) is 5.60. The molecule has 0 spiro atoms. The molecule has 0 fully saturated rings. The fraction of sp³-hybridized carbons (Fsp3) is 0.250. The SMILES string of the molecule is CC[C@@H](C(=O)NCc1ccco1)n1nnc(-c2ccc(Cl)cc2)n1. The van der Waals surface area contributed by atoms with Crippen LogP contribution in [0.15, 0.2) is 47.1 Å². The van der Waals surface area contributed by atoms with Crippen LogP contribution in [-0.4, -0.2) is 26.1 Å². The van der Waals surface area contributed by atoms with Crippen LogP contribution < -0.4 is 5.32 Å². The first-order chi connectivity index (χ1) is 11.7. The number of hydrogen-bond donors (Lipinski definition) is 1. The first-order valence-electron chi connectivity index (χ1n) is 7.53. The van der Waals surface area contributed by atoms with Crippen molar-refractivity contribution in [1.82, 2.24) is 25.5 Å². The van der Waals surface area contributed by atoms with Crippen LogP contribution in [0.25, 0.3) is 11.4 Å². The van der Waals surface area contributed by atoms with Crippen LogP contribution in [-0.2, 0) is 11.3 Å². The zero-order chi connectivity index (χ0) is 16.9. The van der Waals surface area contributed by atoms with E-state index in [0.717, 1.165) is 5.56 Å². The Morgan fingerprint density at radius 3 is 2.79 bits per heavy atom. The van der Waals surface area contributed by atoms with Crippen LogP contribution in [0.5, 0.6) is 0 Å². The number of nitrogens with zero attached hydrogens (tertiary/aromatic N) is 4. The Balaban J connectivity index is 1.71. The Morgan fingerprint density at radius 1 is 1.33 bits per heavy atom. The van der Waals surface area contributed by atoms with Gasteiger partial charge in [0.1, 0.15) is 5.76 Å². The summed E-state index contributed by atoms with van der Waals surface area (Å²) in [5.74, 6) is 0.949. The highest BCUT2D eigenvalue weighted by Gasteiger charge is 2.22. The van der Waals surface area contributed by atoms with Crippen LogP contribution in [0.2, 0.25) is 5.02 Å². The molecule has 0 bridgehead atoms. The van der Waals surface area contributed by atoms with Gasteiger partial charge in [0.15, 0.2) is 6.04 Å². The third-order valence-electron chi connectivity index (χ3n) is 3.52. The van der Waals surface area contributed by atoms with Crippen molar-refractivity contribution in [3.05, 3.63) is 53.4 Å². The molecule has 124 valence electrons. The zero-order valence-electron chi connectivity index (χ0n) is 13.0. The third kappa shape index (κ3) is 3.62. The molecule has 2 heterocycles. The molecule has 8 heteroatoms. The van der Waals surface area contributed by atoms with Gasteiger partial charge in [-0.3, -0.25) is 4.79 Å². The minimum Gasteiger partial charge on any atom is -0.467 e. The molecular formula is C16H16ClN5O2. The fourth-order valence-corrected chi connectivity index (χ4v) is 2.36.